The molecule has 1 aromatic carbocycles. The Bertz CT molecular complexity index is 582. The molecule has 25 heavy (non-hydrogen) atoms. The summed E-state index contributed by atoms with van der Waals surface area (Å²) < 4.78 is 13.7. The summed E-state index contributed by atoms with van der Waals surface area (Å²) in [4.78, 5) is 30.4. The predicted octanol–water partition coefficient (Wildman–Crippen LogP) is 1.77. The highest BCUT2D eigenvalue weighted by Crippen LogP contribution is 2.11. The van der Waals surface area contributed by atoms with Crippen molar-refractivity contribution in [3.8, 4) is 0 Å². The Kier molecular flexibility index (Phi) is 7.37. The van der Waals surface area contributed by atoms with Gasteiger partial charge in [-0.25, -0.2) is 4.39 Å². The van der Waals surface area contributed by atoms with E-state index in [0.29, 0.717) is 38.2 Å². The number of halogens is 1. The van der Waals surface area contributed by atoms with Crippen molar-refractivity contribution in [3.05, 3.63) is 35.6 Å². The number of carbonyl (C=O) groups excluding carboxylic acids is 2. The third kappa shape index (κ3) is 5.53. The lowest BCUT2D eigenvalue weighted by molar-refractivity contribution is -0.139. The first-order valence-corrected chi connectivity index (χ1v) is 9.06. The molecule has 0 radical (unpaired) electrons. The molecule has 0 unspecified atom stereocenters. The largest absolute Gasteiger partial charge is 0.339 e. The van der Waals surface area contributed by atoms with Crippen molar-refractivity contribution in [3.63, 3.8) is 0 Å². The number of amides is 2. The van der Waals surface area contributed by atoms with Gasteiger partial charge in [-0.05, 0) is 24.7 Å². The topological polar surface area (TPSA) is 43.9 Å². The average Bonchev–Trinajstić information content (AvgIpc) is 2.64. The third-order valence-electron chi connectivity index (χ3n) is 4.82. The molecule has 1 aliphatic rings. The van der Waals surface area contributed by atoms with Crippen LogP contribution >= 0.6 is 0 Å². The van der Waals surface area contributed by atoms with Gasteiger partial charge in [-0.2, -0.15) is 0 Å². The number of rotatable bonds is 7. The predicted molar refractivity (Wildman–Crippen MR) is 95.7 cm³/mol. The molecule has 1 fully saturated rings. The second-order valence-electron chi connectivity index (χ2n) is 6.31. The molecule has 0 aromatic heterocycles. The minimum Gasteiger partial charge on any atom is -0.339 e. The van der Waals surface area contributed by atoms with E-state index in [1.54, 1.807) is 23.1 Å². The van der Waals surface area contributed by atoms with E-state index in [4.69, 9.17) is 0 Å². The van der Waals surface area contributed by atoms with Crippen molar-refractivity contribution >= 4 is 11.8 Å². The van der Waals surface area contributed by atoms with E-state index in [9.17, 15) is 14.0 Å². The fourth-order valence-corrected chi connectivity index (χ4v) is 3.07. The molecule has 5 nitrogen and oxygen atoms in total. The normalized spacial score (nSPS) is 14.9. The van der Waals surface area contributed by atoms with Crippen LogP contribution < -0.4 is 0 Å². The quantitative estimate of drug-likeness (QED) is 0.754. The van der Waals surface area contributed by atoms with Crippen LogP contribution in [0.3, 0.4) is 0 Å². The molecule has 0 atom stereocenters. The summed E-state index contributed by atoms with van der Waals surface area (Å²) in [6.45, 7) is 9.00. The van der Waals surface area contributed by atoms with Gasteiger partial charge < -0.3 is 14.7 Å². The average molecular weight is 349 g/mol. The van der Waals surface area contributed by atoms with Crippen molar-refractivity contribution in [2.45, 2.75) is 26.7 Å². The van der Waals surface area contributed by atoms with Crippen LogP contribution in [0.4, 0.5) is 4.39 Å². The van der Waals surface area contributed by atoms with E-state index in [-0.39, 0.29) is 24.1 Å². The molecular formula is C19H28FN3O2. The maximum atomic E-state index is 13.7. The lowest BCUT2D eigenvalue weighted by Gasteiger charge is -2.35. The minimum absolute atomic E-state index is 0.0720. The fraction of sp³-hybridized carbons (Fsp3) is 0.579. The molecule has 2 rings (SSSR count). The second-order valence-corrected chi connectivity index (χ2v) is 6.31. The van der Waals surface area contributed by atoms with E-state index in [1.165, 1.54) is 6.07 Å². The Morgan fingerprint density at radius 3 is 2.12 bits per heavy atom. The Morgan fingerprint density at radius 1 is 1.00 bits per heavy atom. The molecule has 1 saturated heterocycles. The van der Waals surface area contributed by atoms with Crippen LogP contribution in [0.2, 0.25) is 0 Å². The molecular weight excluding hydrogens is 321 g/mol. The number of carbonyl (C=O) groups is 2. The standard InChI is InChI=1S/C19H28FN3O2/c1-3-21(4-2)10-9-18(24)22-11-13-23(14-12-22)19(25)15-16-7-5-6-8-17(16)20/h5-8H,3-4,9-15H2,1-2H3. The van der Waals surface area contributed by atoms with Gasteiger partial charge in [0.05, 0.1) is 6.42 Å². The van der Waals surface area contributed by atoms with Crippen LogP contribution in [0.15, 0.2) is 24.3 Å². The minimum atomic E-state index is -0.346. The van der Waals surface area contributed by atoms with Gasteiger partial charge in [0.15, 0.2) is 0 Å². The monoisotopic (exact) mass is 349 g/mol. The number of hydrogen-bond acceptors (Lipinski definition) is 3. The second kappa shape index (κ2) is 9.51. The maximum Gasteiger partial charge on any atom is 0.227 e. The third-order valence-corrected chi connectivity index (χ3v) is 4.82. The number of nitrogens with zero attached hydrogens (tertiary/aromatic N) is 3. The zero-order valence-electron chi connectivity index (χ0n) is 15.2. The van der Waals surface area contributed by atoms with Crippen LogP contribution in [0.1, 0.15) is 25.8 Å². The van der Waals surface area contributed by atoms with Crippen LogP contribution in [-0.2, 0) is 16.0 Å². The first-order valence-electron chi connectivity index (χ1n) is 9.06. The summed E-state index contributed by atoms with van der Waals surface area (Å²) in [5.41, 5.74) is 0.422. The molecule has 1 heterocycles. The van der Waals surface area contributed by atoms with E-state index < -0.39 is 0 Å². The van der Waals surface area contributed by atoms with Crippen molar-refractivity contribution in [1.29, 1.82) is 0 Å². The van der Waals surface area contributed by atoms with Gasteiger partial charge in [-0.3, -0.25) is 9.59 Å². The van der Waals surface area contributed by atoms with Crippen LogP contribution in [0.25, 0.3) is 0 Å². The van der Waals surface area contributed by atoms with E-state index in [0.717, 1.165) is 19.6 Å². The molecule has 2 amide bonds. The van der Waals surface area contributed by atoms with Crippen molar-refractivity contribution < 1.29 is 14.0 Å². The SMILES string of the molecule is CCN(CC)CCC(=O)N1CCN(C(=O)Cc2ccccc2F)CC1. The highest BCUT2D eigenvalue weighted by molar-refractivity contribution is 5.80. The van der Waals surface area contributed by atoms with Crippen molar-refractivity contribution in [2.75, 3.05) is 45.8 Å². The van der Waals surface area contributed by atoms with Crippen LogP contribution in [0, 0.1) is 5.82 Å². The summed E-state index contributed by atoms with van der Waals surface area (Å²) in [6.07, 6.45) is 0.591. The smallest absolute Gasteiger partial charge is 0.227 e. The molecule has 6 heteroatoms. The summed E-state index contributed by atoms with van der Waals surface area (Å²) in [7, 11) is 0. The zero-order valence-corrected chi connectivity index (χ0v) is 15.2. The molecule has 0 saturated carbocycles. The molecule has 1 aromatic rings. The molecule has 0 spiro atoms. The number of benzene rings is 1. The summed E-state index contributed by atoms with van der Waals surface area (Å²) in [6, 6.07) is 6.36. The Balaban J connectivity index is 1.78. The lowest BCUT2D eigenvalue weighted by Crippen LogP contribution is -2.51. The molecule has 1 aliphatic heterocycles. The lowest BCUT2D eigenvalue weighted by atomic mass is 10.1. The molecule has 0 N–H and O–H groups in total. The Labute approximate surface area is 149 Å². The summed E-state index contributed by atoms with van der Waals surface area (Å²) in [5, 5.41) is 0. The number of hydrogen-bond donors (Lipinski definition) is 0. The molecule has 0 aliphatic carbocycles. The first-order chi connectivity index (χ1) is 12.0. The van der Waals surface area contributed by atoms with Gasteiger partial charge in [0, 0.05) is 39.1 Å². The van der Waals surface area contributed by atoms with Crippen molar-refractivity contribution in [1.82, 2.24) is 14.7 Å². The Hall–Kier alpha value is -1.95. The van der Waals surface area contributed by atoms with Crippen LogP contribution in [-0.4, -0.2) is 72.3 Å². The van der Waals surface area contributed by atoms with E-state index >= 15 is 0 Å². The van der Waals surface area contributed by atoms with Gasteiger partial charge in [0.2, 0.25) is 11.8 Å². The van der Waals surface area contributed by atoms with Gasteiger partial charge in [-0.1, -0.05) is 32.0 Å². The summed E-state index contributed by atoms with van der Waals surface area (Å²) >= 11 is 0. The van der Waals surface area contributed by atoms with Crippen LogP contribution in [0.5, 0.6) is 0 Å². The summed E-state index contributed by atoms with van der Waals surface area (Å²) in [5.74, 6) is -0.283. The Morgan fingerprint density at radius 2 is 1.56 bits per heavy atom. The number of piperazine rings is 1. The fourth-order valence-electron chi connectivity index (χ4n) is 3.07. The first kappa shape index (κ1) is 19.4. The van der Waals surface area contributed by atoms with Gasteiger partial charge in [0.1, 0.15) is 5.82 Å². The van der Waals surface area contributed by atoms with Gasteiger partial charge in [0.25, 0.3) is 0 Å². The molecule has 138 valence electrons. The van der Waals surface area contributed by atoms with Gasteiger partial charge >= 0.3 is 0 Å². The van der Waals surface area contributed by atoms with Crippen molar-refractivity contribution in [2.24, 2.45) is 0 Å². The molecule has 0 bridgehead atoms. The maximum absolute atomic E-state index is 13.7. The van der Waals surface area contributed by atoms with E-state index in [1.807, 2.05) is 4.90 Å². The zero-order chi connectivity index (χ0) is 18.2. The van der Waals surface area contributed by atoms with Gasteiger partial charge in [-0.15, -0.1) is 0 Å². The highest BCUT2D eigenvalue weighted by Gasteiger charge is 2.24. The van der Waals surface area contributed by atoms with E-state index in [2.05, 4.69) is 18.7 Å². The highest BCUT2D eigenvalue weighted by atomic mass is 19.1.